The molecule has 2 rings (SSSR count). The molecule has 4 nitrogen and oxygen atoms in total. The van der Waals surface area contributed by atoms with Crippen LogP contribution in [0.25, 0.3) is 0 Å². The van der Waals surface area contributed by atoms with E-state index >= 15 is 0 Å². The minimum absolute atomic E-state index is 0.233. The fourth-order valence-corrected chi connectivity index (χ4v) is 3.70. The summed E-state index contributed by atoms with van der Waals surface area (Å²) < 4.78 is 26.8. The maximum Gasteiger partial charge on any atom is 0.243 e. The topological polar surface area (TPSA) is 63.4 Å². The average molecular weight is 304 g/mol. The predicted octanol–water partition coefficient (Wildman–Crippen LogP) is 2.79. The summed E-state index contributed by atoms with van der Waals surface area (Å²) in [5.41, 5.74) is 8.23. The van der Waals surface area contributed by atoms with Gasteiger partial charge in [0.25, 0.3) is 0 Å². The van der Waals surface area contributed by atoms with Gasteiger partial charge in [0.05, 0.1) is 4.90 Å². The number of hydrogen-bond acceptors (Lipinski definition) is 3. The second-order valence-electron chi connectivity index (χ2n) is 4.99. The van der Waals surface area contributed by atoms with Gasteiger partial charge in [0.15, 0.2) is 0 Å². The molecular weight excluding hydrogens is 284 g/mol. The van der Waals surface area contributed by atoms with Crippen LogP contribution in [0.15, 0.2) is 53.4 Å². The van der Waals surface area contributed by atoms with Crippen molar-refractivity contribution < 1.29 is 8.42 Å². The molecule has 2 aromatic carbocycles. The van der Waals surface area contributed by atoms with Crippen LogP contribution in [-0.2, 0) is 16.6 Å². The average Bonchev–Trinajstić information content (AvgIpc) is 2.44. The molecule has 0 amide bonds. The Hall–Kier alpha value is -1.85. The Labute approximate surface area is 126 Å². The largest absolute Gasteiger partial charge is 0.399 e. The minimum atomic E-state index is -3.53. The van der Waals surface area contributed by atoms with Gasteiger partial charge in [-0.3, -0.25) is 0 Å². The zero-order valence-corrected chi connectivity index (χ0v) is 13.1. The van der Waals surface area contributed by atoms with Crippen molar-refractivity contribution in [1.29, 1.82) is 0 Å². The van der Waals surface area contributed by atoms with Crippen LogP contribution in [0, 0.1) is 6.92 Å². The van der Waals surface area contributed by atoms with Crippen molar-refractivity contribution >= 4 is 15.7 Å². The molecule has 0 radical (unpaired) electrons. The van der Waals surface area contributed by atoms with Gasteiger partial charge in [-0.05, 0) is 30.7 Å². The number of sulfonamides is 1. The first kappa shape index (κ1) is 15.5. The summed E-state index contributed by atoms with van der Waals surface area (Å²) in [5.74, 6) is 0. The van der Waals surface area contributed by atoms with Gasteiger partial charge in [-0.1, -0.05) is 42.8 Å². The normalized spacial score (nSPS) is 11.8. The van der Waals surface area contributed by atoms with Gasteiger partial charge in [-0.25, -0.2) is 8.42 Å². The monoisotopic (exact) mass is 304 g/mol. The van der Waals surface area contributed by atoms with Gasteiger partial charge in [0.2, 0.25) is 10.0 Å². The summed E-state index contributed by atoms with van der Waals surface area (Å²) in [6.07, 6.45) is 0. The molecular formula is C16H20N2O2S. The minimum Gasteiger partial charge on any atom is -0.399 e. The van der Waals surface area contributed by atoms with Crippen LogP contribution in [-0.4, -0.2) is 19.3 Å². The number of rotatable bonds is 5. The zero-order valence-electron chi connectivity index (χ0n) is 12.3. The number of nitrogen functional groups attached to an aromatic ring is 1. The highest BCUT2D eigenvalue weighted by Gasteiger charge is 2.23. The van der Waals surface area contributed by atoms with Gasteiger partial charge >= 0.3 is 0 Å². The van der Waals surface area contributed by atoms with E-state index in [2.05, 4.69) is 0 Å². The first-order valence-corrected chi connectivity index (χ1v) is 8.28. The lowest BCUT2D eigenvalue weighted by Crippen LogP contribution is -2.30. The third-order valence-corrected chi connectivity index (χ3v) is 5.21. The van der Waals surface area contributed by atoms with Gasteiger partial charge < -0.3 is 5.73 Å². The van der Waals surface area contributed by atoms with Crippen LogP contribution in [0.1, 0.15) is 18.1 Å². The van der Waals surface area contributed by atoms with Crippen molar-refractivity contribution in [3.8, 4) is 0 Å². The predicted molar refractivity (Wildman–Crippen MR) is 85.3 cm³/mol. The van der Waals surface area contributed by atoms with E-state index in [1.54, 1.807) is 18.2 Å². The molecule has 0 unspecified atom stereocenters. The van der Waals surface area contributed by atoms with Crippen molar-refractivity contribution in [2.45, 2.75) is 25.3 Å². The van der Waals surface area contributed by atoms with Crippen molar-refractivity contribution in [3.05, 3.63) is 59.7 Å². The number of hydrogen-bond donors (Lipinski definition) is 1. The summed E-state index contributed by atoms with van der Waals surface area (Å²) in [4.78, 5) is 0.233. The van der Waals surface area contributed by atoms with E-state index in [9.17, 15) is 8.42 Å². The summed E-state index contributed by atoms with van der Waals surface area (Å²) in [6.45, 7) is 4.59. The summed E-state index contributed by atoms with van der Waals surface area (Å²) in [6, 6.07) is 14.3. The van der Waals surface area contributed by atoms with Gasteiger partial charge in [0, 0.05) is 18.8 Å². The molecule has 0 aliphatic heterocycles. The molecule has 0 atom stereocenters. The maximum absolute atomic E-state index is 12.7. The second-order valence-corrected chi connectivity index (χ2v) is 6.93. The zero-order chi connectivity index (χ0) is 15.5. The Morgan fingerprint density at radius 1 is 1.10 bits per heavy atom. The van der Waals surface area contributed by atoms with Crippen molar-refractivity contribution in [2.24, 2.45) is 0 Å². The van der Waals surface area contributed by atoms with E-state index in [0.29, 0.717) is 18.8 Å². The lowest BCUT2D eigenvalue weighted by molar-refractivity contribution is 0.423. The molecule has 0 aromatic heterocycles. The second kappa shape index (κ2) is 6.28. The number of benzene rings is 2. The Morgan fingerprint density at radius 3 is 2.43 bits per heavy atom. The van der Waals surface area contributed by atoms with Crippen molar-refractivity contribution in [3.63, 3.8) is 0 Å². The Bertz CT molecular complexity index is 727. The number of aryl methyl sites for hydroxylation is 1. The van der Waals surface area contributed by atoms with Gasteiger partial charge in [-0.15, -0.1) is 0 Å². The van der Waals surface area contributed by atoms with Gasteiger partial charge in [0.1, 0.15) is 0 Å². The molecule has 5 heteroatoms. The molecule has 0 saturated heterocycles. The molecule has 0 aliphatic carbocycles. The fraction of sp³-hybridized carbons (Fsp3) is 0.250. The smallest absolute Gasteiger partial charge is 0.243 e. The highest BCUT2D eigenvalue weighted by molar-refractivity contribution is 7.89. The van der Waals surface area contributed by atoms with E-state index in [1.165, 1.54) is 10.4 Å². The van der Waals surface area contributed by atoms with Crippen LogP contribution < -0.4 is 5.73 Å². The number of nitrogens with zero attached hydrogens (tertiary/aromatic N) is 1. The van der Waals surface area contributed by atoms with Gasteiger partial charge in [-0.2, -0.15) is 4.31 Å². The third kappa shape index (κ3) is 3.62. The molecule has 0 aliphatic rings. The maximum atomic E-state index is 12.7. The molecule has 112 valence electrons. The number of nitrogens with two attached hydrogens (primary N) is 1. The van der Waals surface area contributed by atoms with Crippen LogP contribution in [0.2, 0.25) is 0 Å². The van der Waals surface area contributed by atoms with Crippen molar-refractivity contribution in [2.75, 3.05) is 12.3 Å². The summed E-state index contributed by atoms with van der Waals surface area (Å²) >= 11 is 0. The Kier molecular flexibility index (Phi) is 4.65. The van der Waals surface area contributed by atoms with Crippen LogP contribution in [0.5, 0.6) is 0 Å². The standard InChI is InChI=1S/C16H20N2O2S/c1-3-18(12-14-7-4-6-13(2)10-14)21(19,20)16-9-5-8-15(17)11-16/h4-11H,3,12,17H2,1-2H3. The highest BCUT2D eigenvalue weighted by Crippen LogP contribution is 2.20. The number of anilines is 1. The molecule has 0 fully saturated rings. The molecule has 0 spiro atoms. The first-order valence-electron chi connectivity index (χ1n) is 6.84. The molecule has 0 bridgehead atoms. The highest BCUT2D eigenvalue weighted by atomic mass is 32.2. The van der Waals surface area contributed by atoms with Crippen LogP contribution >= 0.6 is 0 Å². The van der Waals surface area contributed by atoms with E-state index < -0.39 is 10.0 Å². The lowest BCUT2D eigenvalue weighted by atomic mass is 10.1. The lowest BCUT2D eigenvalue weighted by Gasteiger charge is -2.21. The molecule has 2 N–H and O–H groups in total. The van der Waals surface area contributed by atoms with E-state index in [1.807, 2.05) is 38.1 Å². The van der Waals surface area contributed by atoms with Crippen LogP contribution in [0.3, 0.4) is 0 Å². The Morgan fingerprint density at radius 2 is 1.81 bits per heavy atom. The fourth-order valence-electron chi connectivity index (χ4n) is 2.20. The van der Waals surface area contributed by atoms with Crippen molar-refractivity contribution in [1.82, 2.24) is 4.31 Å². The molecule has 21 heavy (non-hydrogen) atoms. The quantitative estimate of drug-likeness (QED) is 0.864. The first-order chi connectivity index (χ1) is 9.93. The van der Waals surface area contributed by atoms with E-state index in [0.717, 1.165) is 11.1 Å². The van der Waals surface area contributed by atoms with E-state index in [4.69, 9.17) is 5.73 Å². The molecule has 0 heterocycles. The van der Waals surface area contributed by atoms with E-state index in [-0.39, 0.29) is 4.90 Å². The SMILES string of the molecule is CCN(Cc1cccc(C)c1)S(=O)(=O)c1cccc(N)c1. The Balaban J connectivity index is 2.32. The third-order valence-electron chi connectivity index (χ3n) is 3.29. The summed E-state index contributed by atoms with van der Waals surface area (Å²) in [7, 11) is -3.53. The summed E-state index contributed by atoms with van der Waals surface area (Å²) in [5, 5.41) is 0. The molecule has 2 aromatic rings. The molecule has 0 saturated carbocycles. The van der Waals surface area contributed by atoms with Crippen LogP contribution in [0.4, 0.5) is 5.69 Å².